The molecular formula is C41H49N6O10S2+. The molecule has 0 radical (unpaired) electrons. The van der Waals surface area contributed by atoms with Crippen LogP contribution in [-0.4, -0.2) is 85.0 Å². The van der Waals surface area contributed by atoms with E-state index in [-0.39, 0.29) is 16.9 Å². The average molecular weight is 850 g/mol. The number of nitrogens with zero attached hydrogens (tertiary/aromatic N) is 5. The van der Waals surface area contributed by atoms with Crippen molar-refractivity contribution in [1.29, 1.82) is 0 Å². The van der Waals surface area contributed by atoms with Crippen LogP contribution in [0.3, 0.4) is 0 Å². The van der Waals surface area contributed by atoms with Gasteiger partial charge in [0.2, 0.25) is 5.36 Å². The highest BCUT2D eigenvalue weighted by Crippen LogP contribution is 2.49. The van der Waals surface area contributed by atoms with Gasteiger partial charge in [-0.25, -0.2) is 14.6 Å². The molecule has 4 N–H and O–H groups in total. The monoisotopic (exact) mass is 849 g/mol. The van der Waals surface area contributed by atoms with Crippen molar-refractivity contribution in [3.05, 3.63) is 103 Å². The molecule has 0 fully saturated rings. The molecule has 1 unspecified atom stereocenters. The molecule has 3 aliphatic heterocycles. The fraction of sp³-hybridized carbons (Fsp3) is 0.439. The Bertz CT molecular complexity index is 2510. The average Bonchev–Trinajstić information content (AvgIpc) is 3.17. The van der Waals surface area contributed by atoms with E-state index < -0.39 is 44.7 Å². The highest BCUT2D eigenvalue weighted by atomic mass is 32.2. The van der Waals surface area contributed by atoms with Crippen LogP contribution in [0.15, 0.2) is 53.7 Å². The highest BCUT2D eigenvalue weighted by Gasteiger charge is 2.40. The highest BCUT2D eigenvalue weighted by molar-refractivity contribution is 7.95. The lowest BCUT2D eigenvalue weighted by atomic mass is 9.78. The van der Waals surface area contributed by atoms with E-state index in [0.717, 1.165) is 47.8 Å². The number of hydrogen-bond acceptors (Lipinski definition) is 11. The standard InChI is InChI=1S/C41H48N6O10S2/c1-40(2)20-25(22-58-57-56-51)28-16-31-35(18-33(28)46(40)5)55-36-19-34-29(26(23-59(52,53)54)21-41(3,4)47(34)6)17-32(36)37(31)27-12-11-24(15-30(27)39(49)50)38(48)43-13-9-7-8-10-14-44-45-42/h11-12,15-20,26H,7-10,13-14,21-23H2,1-6H3,(H3-,43,48,49,50,51,52,53,54)/p+1. The van der Waals surface area contributed by atoms with Crippen LogP contribution in [0.1, 0.15) is 109 Å². The SMILES string of the molecule is CN1c2cc3c(cc2C(CS(=O)(=O)O)CC1(C)C)C(c1ccc(C(=O)NCCCCCCN=[N+]=[N-])cc1C(=O)O)=c1cc2c(cc1O3)=[N+](C)C(C)(C)C=C2CSOOO. The van der Waals surface area contributed by atoms with Gasteiger partial charge >= 0.3 is 5.97 Å². The Balaban J connectivity index is 1.56. The van der Waals surface area contributed by atoms with Crippen LogP contribution in [0.5, 0.6) is 11.5 Å². The number of carboxylic acid groups (broad SMARTS) is 1. The first kappa shape index (κ1) is 43.6. The molecule has 18 heteroatoms. The number of azide groups is 1. The number of likely N-dealkylation sites (N-methyl/N-ethyl adjacent to an activating group) is 1. The first-order valence-corrected chi connectivity index (χ1v) is 21.7. The first-order chi connectivity index (χ1) is 27.9. The van der Waals surface area contributed by atoms with Gasteiger partial charge in [0, 0.05) is 102 Å². The number of fused-ring (bicyclic) bond motifs is 4. The van der Waals surface area contributed by atoms with Crippen LogP contribution in [-0.2, 0) is 19.5 Å². The number of ether oxygens (including phenoxy) is 1. The van der Waals surface area contributed by atoms with E-state index in [1.165, 1.54) is 6.07 Å². The molecule has 3 aliphatic rings. The van der Waals surface area contributed by atoms with Crippen molar-refractivity contribution >= 4 is 50.9 Å². The van der Waals surface area contributed by atoms with Crippen LogP contribution in [0.4, 0.5) is 5.69 Å². The molecule has 16 nitrogen and oxygen atoms in total. The normalized spacial score (nSPS) is 17.4. The smallest absolute Gasteiger partial charge is 0.336 e. The van der Waals surface area contributed by atoms with Crippen molar-refractivity contribution in [3.8, 4) is 11.5 Å². The summed E-state index contributed by atoms with van der Waals surface area (Å²) in [7, 11) is -0.516. The molecule has 0 saturated carbocycles. The van der Waals surface area contributed by atoms with Gasteiger partial charge in [0.25, 0.3) is 16.0 Å². The van der Waals surface area contributed by atoms with Gasteiger partial charge in [-0.3, -0.25) is 9.35 Å². The summed E-state index contributed by atoms with van der Waals surface area (Å²) < 4.78 is 48.4. The maximum atomic E-state index is 13.4. The molecule has 3 aromatic carbocycles. The number of carbonyl (C=O) groups is 2. The zero-order valence-corrected chi connectivity index (χ0v) is 35.4. The summed E-state index contributed by atoms with van der Waals surface area (Å²) in [6.07, 6.45) is 5.57. The van der Waals surface area contributed by atoms with E-state index in [9.17, 15) is 27.7 Å². The van der Waals surface area contributed by atoms with Gasteiger partial charge in [0.05, 0.1) is 22.9 Å². The van der Waals surface area contributed by atoms with Crippen LogP contribution < -0.4 is 30.1 Å². The minimum atomic E-state index is -4.39. The van der Waals surface area contributed by atoms with E-state index in [1.54, 1.807) is 12.1 Å². The number of carbonyl (C=O) groups excluding carboxylic acids is 1. The Morgan fingerprint density at radius 3 is 2.51 bits per heavy atom. The third-order valence-electron chi connectivity index (χ3n) is 11.6. The maximum Gasteiger partial charge on any atom is 0.336 e. The van der Waals surface area contributed by atoms with E-state index >= 15 is 0 Å². The van der Waals surface area contributed by atoms with Gasteiger partial charge in [-0.1, -0.05) is 29.1 Å². The third kappa shape index (κ3) is 9.29. The third-order valence-corrected chi connectivity index (χ3v) is 13.0. The summed E-state index contributed by atoms with van der Waals surface area (Å²) in [6.45, 7) is 8.89. The van der Waals surface area contributed by atoms with Crippen molar-refractivity contribution in [1.82, 2.24) is 9.89 Å². The number of hydrogen-bond donors (Lipinski definition) is 4. The second-order valence-corrected chi connectivity index (χ2v) is 18.4. The fourth-order valence-corrected chi connectivity index (χ4v) is 9.49. The van der Waals surface area contributed by atoms with E-state index in [4.69, 9.17) is 19.9 Å². The Kier molecular flexibility index (Phi) is 12.8. The number of unbranched alkanes of at least 4 members (excludes halogenated alkanes) is 3. The van der Waals surface area contributed by atoms with Crippen molar-refractivity contribution in [2.75, 3.05) is 43.6 Å². The lowest BCUT2D eigenvalue weighted by molar-refractivity contribution is -0.432. The Labute approximate surface area is 346 Å². The molecule has 3 aromatic rings. The summed E-state index contributed by atoms with van der Waals surface area (Å²) in [5, 5.41) is 31.3. The molecule has 314 valence electrons. The number of amides is 1. The summed E-state index contributed by atoms with van der Waals surface area (Å²) in [4.78, 5) is 31.4. The van der Waals surface area contributed by atoms with Crippen molar-refractivity contribution in [2.45, 2.75) is 76.8 Å². The molecule has 59 heavy (non-hydrogen) atoms. The molecule has 0 saturated heterocycles. The molecular weight excluding hydrogens is 801 g/mol. The van der Waals surface area contributed by atoms with Crippen molar-refractivity contribution in [2.24, 2.45) is 5.11 Å². The molecule has 0 bridgehead atoms. The summed E-state index contributed by atoms with van der Waals surface area (Å²) in [5.41, 5.74) is 11.8. The maximum absolute atomic E-state index is 13.4. The molecule has 0 aromatic heterocycles. The van der Waals surface area contributed by atoms with Crippen molar-refractivity contribution in [3.63, 3.8) is 0 Å². The van der Waals surface area contributed by atoms with Gasteiger partial charge in [-0.05, 0) is 85.7 Å². The molecule has 1 amide bonds. The predicted molar refractivity (Wildman–Crippen MR) is 225 cm³/mol. The topological polar surface area (TPSA) is 224 Å². The number of benzene rings is 3. The van der Waals surface area contributed by atoms with Gasteiger partial charge in [-0.2, -0.15) is 8.42 Å². The number of rotatable bonds is 16. The molecule has 1 atom stereocenters. The fourth-order valence-electron chi connectivity index (χ4n) is 8.23. The van der Waals surface area contributed by atoms with E-state index in [1.807, 2.05) is 52.2 Å². The molecule has 3 heterocycles. The minimum absolute atomic E-state index is 0.134. The largest absolute Gasteiger partial charge is 0.478 e. The lowest BCUT2D eigenvalue weighted by Gasteiger charge is -2.46. The number of anilines is 1. The number of carboxylic acids is 1. The summed E-state index contributed by atoms with van der Waals surface area (Å²) in [6, 6.07) is 12.0. The number of nitrogens with one attached hydrogen (secondary N) is 1. The quantitative estimate of drug-likeness (QED) is 0.0112. The molecule has 0 spiro atoms. The second-order valence-electron chi connectivity index (χ2n) is 16.2. The zero-order valence-electron chi connectivity index (χ0n) is 33.8. The molecule has 0 aliphatic carbocycles. The number of aromatic carboxylic acids is 1. The Morgan fingerprint density at radius 2 is 1.81 bits per heavy atom. The van der Waals surface area contributed by atoms with E-state index in [2.05, 4.69) is 49.8 Å². The Hall–Kier alpha value is -4.94. The van der Waals surface area contributed by atoms with Gasteiger partial charge in [0.15, 0.2) is 5.54 Å². The van der Waals surface area contributed by atoms with E-state index in [0.29, 0.717) is 70.6 Å². The minimum Gasteiger partial charge on any atom is -0.478 e. The van der Waals surface area contributed by atoms with Crippen LogP contribution in [0.2, 0.25) is 0 Å². The predicted octanol–water partition coefficient (Wildman–Crippen LogP) is 6.29. The van der Waals surface area contributed by atoms with Crippen LogP contribution in [0, 0.1) is 0 Å². The van der Waals surface area contributed by atoms with Crippen molar-refractivity contribution < 1.29 is 47.0 Å². The van der Waals surface area contributed by atoms with Crippen LogP contribution in [0.25, 0.3) is 21.6 Å². The summed E-state index contributed by atoms with van der Waals surface area (Å²) in [5.74, 6) is -1.67. The second kappa shape index (κ2) is 17.3. The first-order valence-electron chi connectivity index (χ1n) is 19.2. The lowest BCUT2D eigenvalue weighted by Crippen LogP contribution is -2.47. The molecule has 6 rings (SSSR count). The summed E-state index contributed by atoms with van der Waals surface area (Å²) >= 11 is 0.889. The van der Waals surface area contributed by atoms with Gasteiger partial charge < -0.3 is 20.1 Å². The zero-order chi connectivity index (χ0) is 42.9. The van der Waals surface area contributed by atoms with Crippen LogP contribution >= 0.6 is 12.0 Å². The van der Waals surface area contributed by atoms with Gasteiger partial charge in [0.1, 0.15) is 18.5 Å². The Morgan fingerprint density at radius 1 is 1.07 bits per heavy atom. The van der Waals surface area contributed by atoms with Gasteiger partial charge in [-0.15, -0.1) is 4.33 Å².